The molecule has 0 aliphatic carbocycles. The van der Waals surface area contributed by atoms with Crippen molar-refractivity contribution in [3.05, 3.63) is 96.2 Å². The van der Waals surface area contributed by atoms with Gasteiger partial charge in [0, 0.05) is 18.8 Å². The SMILES string of the molecule is Nc1nc(N)c2cnn(C3Cc4ccccc4N(Cc4cccc(-c5ccccc5)c4)C3)c2n1. The Balaban J connectivity index is 1.36. The number of benzene rings is 3. The van der Waals surface area contributed by atoms with Crippen molar-refractivity contribution in [2.24, 2.45) is 0 Å². The molecule has 3 aromatic carbocycles. The largest absolute Gasteiger partial charge is 0.383 e. The summed E-state index contributed by atoms with van der Waals surface area (Å²) in [4.78, 5) is 11.0. The molecule has 1 atom stereocenters. The number of anilines is 3. The average molecular weight is 448 g/mol. The fourth-order valence-corrected chi connectivity index (χ4v) is 4.91. The lowest BCUT2D eigenvalue weighted by Crippen LogP contribution is -2.36. The van der Waals surface area contributed by atoms with Gasteiger partial charge >= 0.3 is 0 Å². The van der Waals surface area contributed by atoms with Crippen LogP contribution in [-0.2, 0) is 13.0 Å². The van der Waals surface area contributed by atoms with E-state index in [2.05, 4.69) is 92.8 Å². The lowest BCUT2D eigenvalue weighted by molar-refractivity contribution is 0.439. The fraction of sp³-hybridized carbons (Fsp3) is 0.148. The molecule has 4 N–H and O–H groups in total. The van der Waals surface area contributed by atoms with Crippen molar-refractivity contribution in [1.82, 2.24) is 19.7 Å². The average Bonchev–Trinajstić information content (AvgIpc) is 3.29. The number of aromatic nitrogens is 4. The van der Waals surface area contributed by atoms with Gasteiger partial charge in [-0.25, -0.2) is 4.68 Å². The first-order valence-electron chi connectivity index (χ1n) is 11.4. The quantitative estimate of drug-likeness (QED) is 0.422. The minimum atomic E-state index is 0.0957. The molecule has 0 saturated heterocycles. The summed E-state index contributed by atoms with van der Waals surface area (Å²) in [6.07, 6.45) is 2.59. The third kappa shape index (κ3) is 3.61. The predicted octanol–water partition coefficient (Wildman–Crippen LogP) is 4.46. The molecule has 5 aromatic rings. The Kier molecular flexibility index (Phi) is 4.87. The van der Waals surface area contributed by atoms with E-state index in [4.69, 9.17) is 11.5 Å². The molecule has 0 bridgehead atoms. The molecule has 34 heavy (non-hydrogen) atoms. The van der Waals surface area contributed by atoms with Gasteiger partial charge in [-0.1, -0.05) is 66.7 Å². The van der Waals surface area contributed by atoms with Crippen LogP contribution >= 0.6 is 0 Å². The van der Waals surface area contributed by atoms with E-state index in [-0.39, 0.29) is 12.0 Å². The topological polar surface area (TPSA) is 98.9 Å². The van der Waals surface area contributed by atoms with Crippen LogP contribution in [0.2, 0.25) is 0 Å². The summed E-state index contributed by atoms with van der Waals surface area (Å²) in [6, 6.07) is 27.9. The first kappa shape index (κ1) is 20.2. The molecule has 7 nitrogen and oxygen atoms in total. The Hall–Kier alpha value is -4.39. The van der Waals surface area contributed by atoms with Crippen molar-refractivity contribution in [1.29, 1.82) is 0 Å². The van der Waals surface area contributed by atoms with E-state index in [0.29, 0.717) is 11.5 Å². The van der Waals surface area contributed by atoms with Crippen LogP contribution in [0.3, 0.4) is 0 Å². The van der Waals surface area contributed by atoms with Gasteiger partial charge in [0.2, 0.25) is 5.95 Å². The first-order chi connectivity index (χ1) is 16.7. The molecule has 1 unspecified atom stereocenters. The minimum Gasteiger partial charge on any atom is -0.383 e. The van der Waals surface area contributed by atoms with Gasteiger partial charge < -0.3 is 16.4 Å². The normalized spacial score (nSPS) is 15.4. The van der Waals surface area contributed by atoms with Gasteiger partial charge in [-0.3, -0.25) is 0 Å². The van der Waals surface area contributed by atoms with Gasteiger partial charge in [-0.15, -0.1) is 0 Å². The van der Waals surface area contributed by atoms with Gasteiger partial charge in [-0.2, -0.15) is 15.1 Å². The maximum atomic E-state index is 6.07. The molecule has 7 heteroatoms. The predicted molar refractivity (Wildman–Crippen MR) is 136 cm³/mol. The van der Waals surface area contributed by atoms with E-state index in [9.17, 15) is 0 Å². The van der Waals surface area contributed by atoms with E-state index < -0.39 is 0 Å². The van der Waals surface area contributed by atoms with Crippen LogP contribution in [0.15, 0.2) is 85.1 Å². The third-order valence-electron chi connectivity index (χ3n) is 6.47. The highest BCUT2D eigenvalue weighted by atomic mass is 15.3. The number of nitrogen functional groups attached to an aromatic ring is 2. The number of hydrogen-bond acceptors (Lipinski definition) is 6. The Bertz CT molecular complexity index is 1480. The van der Waals surface area contributed by atoms with Crippen molar-refractivity contribution in [3.8, 4) is 11.1 Å². The van der Waals surface area contributed by atoms with Crippen LogP contribution in [0.5, 0.6) is 0 Å². The van der Waals surface area contributed by atoms with Gasteiger partial charge in [-0.05, 0) is 40.8 Å². The van der Waals surface area contributed by atoms with Gasteiger partial charge in [0.1, 0.15) is 5.82 Å². The third-order valence-corrected chi connectivity index (χ3v) is 6.47. The zero-order valence-corrected chi connectivity index (χ0v) is 18.7. The second kappa shape index (κ2) is 8.19. The summed E-state index contributed by atoms with van der Waals surface area (Å²) in [5, 5.41) is 5.37. The van der Waals surface area contributed by atoms with Gasteiger partial charge in [0.25, 0.3) is 0 Å². The van der Waals surface area contributed by atoms with Crippen molar-refractivity contribution in [3.63, 3.8) is 0 Å². The van der Waals surface area contributed by atoms with Crippen molar-refractivity contribution in [2.45, 2.75) is 19.0 Å². The van der Waals surface area contributed by atoms with Crippen molar-refractivity contribution in [2.75, 3.05) is 22.9 Å². The minimum absolute atomic E-state index is 0.0957. The molecular formula is C27H25N7. The Labute approximate surface area is 197 Å². The molecular weight excluding hydrogens is 422 g/mol. The highest BCUT2D eigenvalue weighted by Gasteiger charge is 2.28. The fourth-order valence-electron chi connectivity index (χ4n) is 4.91. The molecule has 0 spiro atoms. The summed E-state index contributed by atoms with van der Waals surface area (Å²) < 4.78 is 1.95. The van der Waals surface area contributed by atoms with Crippen molar-refractivity contribution < 1.29 is 0 Å². The maximum Gasteiger partial charge on any atom is 0.224 e. The van der Waals surface area contributed by atoms with Crippen LogP contribution < -0.4 is 16.4 Å². The summed E-state index contributed by atoms with van der Waals surface area (Å²) in [5.74, 6) is 0.525. The van der Waals surface area contributed by atoms with E-state index in [1.807, 2.05) is 10.7 Å². The van der Waals surface area contributed by atoms with E-state index in [0.717, 1.165) is 24.9 Å². The smallest absolute Gasteiger partial charge is 0.224 e. The Morgan fingerprint density at radius 2 is 1.65 bits per heavy atom. The molecule has 0 fully saturated rings. The number of para-hydroxylation sites is 1. The number of nitrogens with zero attached hydrogens (tertiary/aromatic N) is 5. The second-order valence-electron chi connectivity index (χ2n) is 8.73. The molecule has 3 heterocycles. The molecule has 2 aromatic heterocycles. The molecule has 6 rings (SSSR count). The number of hydrogen-bond donors (Lipinski definition) is 2. The Morgan fingerprint density at radius 3 is 2.53 bits per heavy atom. The van der Waals surface area contributed by atoms with Crippen molar-refractivity contribution >= 4 is 28.5 Å². The number of fused-ring (bicyclic) bond motifs is 2. The molecule has 168 valence electrons. The van der Waals surface area contributed by atoms with Crippen LogP contribution in [-0.4, -0.2) is 26.3 Å². The van der Waals surface area contributed by atoms with Gasteiger partial charge in [0.15, 0.2) is 5.65 Å². The van der Waals surface area contributed by atoms with Gasteiger partial charge in [0.05, 0.1) is 17.6 Å². The zero-order valence-electron chi connectivity index (χ0n) is 18.7. The first-order valence-corrected chi connectivity index (χ1v) is 11.4. The van der Waals surface area contributed by atoms with Crippen LogP contribution in [0.4, 0.5) is 17.5 Å². The van der Waals surface area contributed by atoms with E-state index >= 15 is 0 Å². The number of rotatable bonds is 4. The highest BCUT2D eigenvalue weighted by Crippen LogP contribution is 2.34. The van der Waals surface area contributed by atoms with Crippen LogP contribution in [0.25, 0.3) is 22.2 Å². The zero-order chi connectivity index (χ0) is 23.1. The summed E-state index contributed by atoms with van der Waals surface area (Å²) in [6.45, 7) is 1.60. The molecule has 1 aliphatic rings. The van der Waals surface area contributed by atoms with Crippen LogP contribution in [0.1, 0.15) is 17.2 Å². The lowest BCUT2D eigenvalue weighted by Gasteiger charge is -2.36. The van der Waals surface area contributed by atoms with E-state index in [1.54, 1.807) is 6.20 Å². The summed E-state index contributed by atoms with van der Waals surface area (Å²) >= 11 is 0. The second-order valence-corrected chi connectivity index (χ2v) is 8.73. The molecule has 0 amide bonds. The lowest BCUT2D eigenvalue weighted by atomic mass is 9.96. The maximum absolute atomic E-state index is 6.07. The highest BCUT2D eigenvalue weighted by molar-refractivity contribution is 5.86. The number of nitrogens with two attached hydrogens (primary N) is 2. The monoisotopic (exact) mass is 447 g/mol. The van der Waals surface area contributed by atoms with Crippen LogP contribution in [0, 0.1) is 0 Å². The summed E-state index contributed by atoms with van der Waals surface area (Å²) in [7, 11) is 0. The summed E-state index contributed by atoms with van der Waals surface area (Å²) in [5.41, 5.74) is 18.9. The molecule has 0 radical (unpaired) electrons. The Morgan fingerprint density at radius 1 is 0.853 bits per heavy atom. The molecule has 1 aliphatic heterocycles. The van der Waals surface area contributed by atoms with E-state index in [1.165, 1.54) is 27.9 Å². The standard InChI is InChI=1S/C27H25N7/c28-25-23-15-30-34(26(23)32-27(29)31-25)22-14-21-10-4-5-12-24(21)33(17-22)16-18-7-6-11-20(13-18)19-8-2-1-3-9-19/h1-13,15,22H,14,16-17H2,(H4,28,29,31,32). The molecule has 0 saturated carbocycles.